The Morgan fingerprint density at radius 3 is 2.14 bits per heavy atom. The number of benzene rings is 2. The van der Waals surface area contributed by atoms with E-state index in [1.807, 2.05) is 30.3 Å². The Morgan fingerprint density at radius 1 is 0.966 bits per heavy atom. The summed E-state index contributed by atoms with van der Waals surface area (Å²) in [6.07, 6.45) is 0.180. The van der Waals surface area contributed by atoms with E-state index in [2.05, 4.69) is 0 Å². The van der Waals surface area contributed by atoms with Crippen LogP contribution in [0.3, 0.4) is 0 Å². The number of imide groups is 1. The highest BCUT2D eigenvalue weighted by Gasteiger charge is 2.58. The van der Waals surface area contributed by atoms with Crippen molar-refractivity contribution in [2.75, 3.05) is 27.7 Å². The molecule has 0 spiro atoms. The van der Waals surface area contributed by atoms with Crippen LogP contribution in [0.5, 0.6) is 0 Å². The number of hydrogen-bond donors (Lipinski definition) is 0. The number of rotatable bonds is 8. The number of ether oxygens (including phenoxy) is 2. The molecule has 0 aliphatic carbocycles. The number of carbonyl (C=O) groups excluding carboxylic acids is 2. The molecule has 0 aromatic heterocycles. The lowest BCUT2D eigenvalue weighted by Gasteiger charge is -2.35. The van der Waals surface area contributed by atoms with Crippen molar-refractivity contribution in [1.29, 1.82) is 0 Å². The summed E-state index contributed by atoms with van der Waals surface area (Å²) < 4.78 is 10.3. The molecule has 0 radical (unpaired) electrons. The zero-order valence-electron chi connectivity index (χ0n) is 16.1. The summed E-state index contributed by atoms with van der Waals surface area (Å²) in [7, 11) is 2.82. The number of hydrogen-bond acceptors (Lipinski definition) is 6. The van der Waals surface area contributed by atoms with Crippen molar-refractivity contribution >= 4 is 17.6 Å². The van der Waals surface area contributed by atoms with Gasteiger partial charge in [-0.2, -0.15) is 0 Å². The molecule has 1 fully saturated rings. The maximum absolute atomic E-state index is 13.5. The van der Waals surface area contributed by atoms with Gasteiger partial charge in [0.15, 0.2) is 5.54 Å². The van der Waals surface area contributed by atoms with E-state index in [4.69, 9.17) is 9.47 Å². The zero-order valence-corrected chi connectivity index (χ0v) is 16.1. The number of non-ortho nitro benzene ring substituents is 1. The van der Waals surface area contributed by atoms with Crippen molar-refractivity contribution < 1.29 is 24.0 Å². The van der Waals surface area contributed by atoms with E-state index >= 15 is 0 Å². The molecule has 29 heavy (non-hydrogen) atoms. The number of urea groups is 1. The van der Waals surface area contributed by atoms with Gasteiger partial charge in [-0.25, -0.2) is 9.69 Å². The zero-order chi connectivity index (χ0) is 21.0. The van der Waals surface area contributed by atoms with Gasteiger partial charge in [-0.15, -0.1) is 0 Å². The lowest BCUT2D eigenvalue weighted by atomic mass is 9.82. The average Bonchev–Trinajstić information content (AvgIpc) is 2.92. The van der Waals surface area contributed by atoms with Crippen LogP contribution in [0.15, 0.2) is 54.6 Å². The van der Waals surface area contributed by atoms with Crippen LogP contribution < -0.4 is 0 Å². The van der Waals surface area contributed by atoms with Crippen LogP contribution >= 0.6 is 0 Å². The Kier molecular flexibility index (Phi) is 5.90. The molecule has 9 nitrogen and oxygen atoms in total. The van der Waals surface area contributed by atoms with Crippen molar-refractivity contribution in [2.24, 2.45) is 0 Å². The highest BCUT2D eigenvalue weighted by Crippen LogP contribution is 2.41. The Labute approximate surface area is 167 Å². The summed E-state index contributed by atoms with van der Waals surface area (Å²) in [6.45, 7) is -0.337. The molecule has 2 aromatic carbocycles. The molecule has 152 valence electrons. The third kappa shape index (κ3) is 3.57. The molecule has 0 bridgehead atoms. The van der Waals surface area contributed by atoms with E-state index in [1.54, 1.807) is 0 Å². The summed E-state index contributed by atoms with van der Waals surface area (Å²) in [4.78, 5) is 39.4. The number of nitro benzene ring substituents is 1. The van der Waals surface area contributed by atoms with Crippen molar-refractivity contribution in [2.45, 2.75) is 12.0 Å². The topological polar surface area (TPSA) is 102 Å². The van der Waals surface area contributed by atoms with Crippen LogP contribution in [0.1, 0.15) is 11.1 Å². The van der Waals surface area contributed by atoms with Crippen LogP contribution in [0.4, 0.5) is 10.5 Å². The summed E-state index contributed by atoms with van der Waals surface area (Å²) in [5.74, 6) is -0.473. The molecule has 3 rings (SSSR count). The SMILES string of the molecule is COCN1C(=O)N(COC)C(Cc2ccccc2)(c2ccc([N+](=O)[O-])cc2)C1=O. The second-order valence-electron chi connectivity index (χ2n) is 6.61. The van der Waals surface area contributed by atoms with Crippen molar-refractivity contribution in [3.8, 4) is 0 Å². The van der Waals surface area contributed by atoms with Crippen LogP contribution in [-0.2, 0) is 26.2 Å². The molecule has 0 N–H and O–H groups in total. The molecular weight excluding hydrogens is 378 g/mol. The Bertz CT molecular complexity index is 902. The summed E-state index contributed by atoms with van der Waals surface area (Å²) in [5.41, 5.74) is -0.233. The molecule has 1 heterocycles. The van der Waals surface area contributed by atoms with Gasteiger partial charge in [0, 0.05) is 32.8 Å². The molecule has 2 aromatic rings. The summed E-state index contributed by atoms with van der Waals surface area (Å²) in [5, 5.41) is 11.1. The van der Waals surface area contributed by atoms with Gasteiger partial charge in [-0.3, -0.25) is 19.8 Å². The third-order valence-electron chi connectivity index (χ3n) is 4.90. The van der Waals surface area contributed by atoms with E-state index in [0.717, 1.165) is 10.5 Å². The monoisotopic (exact) mass is 399 g/mol. The van der Waals surface area contributed by atoms with Gasteiger partial charge in [-0.1, -0.05) is 30.3 Å². The molecule has 1 aliphatic heterocycles. The molecular formula is C20H21N3O6. The minimum atomic E-state index is -1.41. The van der Waals surface area contributed by atoms with Crippen LogP contribution in [-0.4, -0.2) is 54.3 Å². The standard InChI is InChI=1S/C20H21N3O6/c1-28-13-21-18(24)20(22(14-29-2)19(21)25,12-15-6-4-3-5-7-15)16-8-10-17(11-9-16)23(26)27/h3-11H,12-14H2,1-2H3. The quantitative estimate of drug-likeness (QED) is 0.384. The number of nitrogens with zero attached hydrogens (tertiary/aromatic N) is 3. The van der Waals surface area contributed by atoms with Crippen LogP contribution in [0.25, 0.3) is 0 Å². The Morgan fingerprint density at radius 2 is 1.59 bits per heavy atom. The average molecular weight is 399 g/mol. The molecule has 1 saturated heterocycles. The lowest BCUT2D eigenvalue weighted by Crippen LogP contribution is -2.49. The fourth-order valence-electron chi connectivity index (χ4n) is 3.57. The first-order valence-electron chi connectivity index (χ1n) is 8.86. The second kappa shape index (κ2) is 8.38. The minimum Gasteiger partial charge on any atom is -0.364 e. The number of nitro groups is 1. The maximum atomic E-state index is 13.5. The predicted molar refractivity (Wildman–Crippen MR) is 103 cm³/mol. The highest BCUT2D eigenvalue weighted by atomic mass is 16.6. The van der Waals surface area contributed by atoms with Gasteiger partial charge in [0.1, 0.15) is 13.5 Å². The van der Waals surface area contributed by atoms with Crippen molar-refractivity contribution in [3.05, 3.63) is 75.8 Å². The second-order valence-corrected chi connectivity index (χ2v) is 6.61. The molecule has 1 atom stereocenters. The van der Waals surface area contributed by atoms with Gasteiger partial charge >= 0.3 is 6.03 Å². The lowest BCUT2D eigenvalue weighted by molar-refractivity contribution is -0.384. The first-order valence-corrected chi connectivity index (χ1v) is 8.86. The normalized spacial score (nSPS) is 19.1. The van der Waals surface area contributed by atoms with E-state index in [9.17, 15) is 19.7 Å². The summed E-state index contributed by atoms with van der Waals surface area (Å²) >= 11 is 0. The fourth-order valence-corrected chi connectivity index (χ4v) is 3.57. The van der Waals surface area contributed by atoms with Crippen molar-refractivity contribution in [3.63, 3.8) is 0 Å². The van der Waals surface area contributed by atoms with E-state index in [0.29, 0.717) is 5.56 Å². The van der Waals surface area contributed by atoms with Gasteiger partial charge < -0.3 is 9.47 Å². The molecule has 1 aliphatic rings. The van der Waals surface area contributed by atoms with Crippen LogP contribution in [0, 0.1) is 10.1 Å². The predicted octanol–water partition coefficient (Wildman–Crippen LogP) is 2.50. The Balaban J connectivity index is 2.18. The Hall–Kier alpha value is -3.30. The van der Waals surface area contributed by atoms with Gasteiger partial charge in [0.25, 0.3) is 11.6 Å². The van der Waals surface area contributed by atoms with E-state index in [1.165, 1.54) is 43.4 Å². The van der Waals surface area contributed by atoms with Gasteiger partial charge in [0.05, 0.1) is 4.92 Å². The highest BCUT2D eigenvalue weighted by molar-refractivity contribution is 6.07. The first kappa shape index (κ1) is 20.4. The van der Waals surface area contributed by atoms with Gasteiger partial charge in [0.2, 0.25) is 0 Å². The van der Waals surface area contributed by atoms with Crippen molar-refractivity contribution in [1.82, 2.24) is 9.80 Å². The fraction of sp³-hybridized carbons (Fsp3) is 0.300. The molecule has 9 heteroatoms. The smallest absolute Gasteiger partial charge is 0.331 e. The van der Waals surface area contributed by atoms with Crippen LogP contribution in [0.2, 0.25) is 0 Å². The van der Waals surface area contributed by atoms with Gasteiger partial charge in [-0.05, 0) is 23.3 Å². The number of carbonyl (C=O) groups is 2. The third-order valence-corrected chi connectivity index (χ3v) is 4.90. The first-order chi connectivity index (χ1) is 14.0. The minimum absolute atomic E-state index is 0.104. The number of amides is 3. The largest absolute Gasteiger partial charge is 0.364 e. The molecule has 3 amide bonds. The molecule has 1 unspecified atom stereocenters. The number of methoxy groups -OCH3 is 2. The van der Waals surface area contributed by atoms with E-state index in [-0.39, 0.29) is 25.6 Å². The van der Waals surface area contributed by atoms with E-state index < -0.39 is 22.4 Å². The maximum Gasteiger partial charge on any atom is 0.331 e. The molecule has 0 saturated carbocycles. The summed E-state index contributed by atoms with van der Waals surface area (Å²) in [6, 6.07) is 14.4.